The monoisotopic (exact) mass is 439 g/mol. The third-order valence-electron chi connectivity index (χ3n) is 6.17. The number of carboxylic acid groups (broad SMARTS) is 1. The molecule has 2 atom stereocenters. The maximum Gasteiger partial charge on any atom is 0.407 e. The summed E-state index contributed by atoms with van der Waals surface area (Å²) < 4.78 is 20.2. The fraction of sp³-hybridized carbons (Fsp3) is 0.375. The molecule has 1 aliphatic rings. The van der Waals surface area contributed by atoms with E-state index < -0.39 is 17.8 Å². The zero-order valence-corrected chi connectivity index (χ0v) is 18.3. The Kier molecular flexibility index (Phi) is 5.40. The van der Waals surface area contributed by atoms with Crippen LogP contribution < -0.4 is 5.73 Å². The second-order valence-corrected chi connectivity index (χ2v) is 9.37. The van der Waals surface area contributed by atoms with E-state index in [1.54, 1.807) is 18.2 Å². The first kappa shape index (κ1) is 21.8. The predicted molar refractivity (Wildman–Crippen MR) is 118 cm³/mol. The van der Waals surface area contributed by atoms with Crippen molar-refractivity contribution in [3.63, 3.8) is 0 Å². The van der Waals surface area contributed by atoms with Crippen LogP contribution in [0.15, 0.2) is 40.8 Å². The van der Waals surface area contributed by atoms with E-state index in [0.29, 0.717) is 41.9 Å². The van der Waals surface area contributed by atoms with E-state index in [-0.39, 0.29) is 22.9 Å². The van der Waals surface area contributed by atoms with Crippen LogP contribution in [0.3, 0.4) is 0 Å². The molecule has 1 fully saturated rings. The van der Waals surface area contributed by atoms with Crippen molar-refractivity contribution in [3.8, 4) is 11.1 Å². The van der Waals surface area contributed by atoms with Gasteiger partial charge in [0.15, 0.2) is 11.5 Å². The fourth-order valence-corrected chi connectivity index (χ4v) is 4.43. The molecule has 2 aromatic carbocycles. The van der Waals surface area contributed by atoms with Crippen molar-refractivity contribution in [3.05, 3.63) is 53.7 Å². The van der Waals surface area contributed by atoms with E-state index in [4.69, 9.17) is 10.2 Å². The molecule has 8 heteroatoms. The van der Waals surface area contributed by atoms with E-state index >= 15 is 0 Å². The number of nitrogens with two attached hydrogens (primary N) is 1. The molecule has 4 rings (SSSR count). The Hall–Kier alpha value is -3.42. The summed E-state index contributed by atoms with van der Waals surface area (Å²) in [4.78, 5) is 29.1. The Morgan fingerprint density at radius 2 is 1.88 bits per heavy atom. The lowest BCUT2D eigenvalue weighted by Gasteiger charge is -2.43. The van der Waals surface area contributed by atoms with Gasteiger partial charge in [0.1, 0.15) is 11.3 Å². The third-order valence-corrected chi connectivity index (χ3v) is 6.17. The Morgan fingerprint density at radius 1 is 1.19 bits per heavy atom. The Balaban J connectivity index is 1.63. The van der Waals surface area contributed by atoms with Crippen LogP contribution in [-0.4, -0.2) is 39.6 Å². The highest BCUT2D eigenvalue weighted by Gasteiger charge is 2.40. The number of piperidine rings is 1. The molecule has 0 bridgehead atoms. The van der Waals surface area contributed by atoms with Gasteiger partial charge in [-0.05, 0) is 53.6 Å². The fourth-order valence-electron chi connectivity index (χ4n) is 4.43. The summed E-state index contributed by atoms with van der Waals surface area (Å²) in [7, 11) is 0. The summed E-state index contributed by atoms with van der Waals surface area (Å²) in [6.07, 6.45) is 0.369. The number of aromatic nitrogens is 1. The number of nitrogens with zero attached hydrogens (tertiary/aromatic N) is 2. The normalized spacial score (nSPS) is 19.3. The third kappa shape index (κ3) is 4.04. The molecular weight excluding hydrogens is 413 g/mol. The van der Waals surface area contributed by atoms with Crippen LogP contribution in [0, 0.1) is 11.2 Å². The molecule has 0 radical (unpaired) electrons. The molecular formula is C24H26FN3O4. The number of fused-ring (bicyclic) bond motifs is 1. The van der Waals surface area contributed by atoms with Crippen LogP contribution in [-0.2, 0) is 0 Å². The minimum absolute atomic E-state index is 0.0120. The average Bonchev–Trinajstić information content (AvgIpc) is 3.15. The topological polar surface area (TPSA) is 110 Å². The molecule has 168 valence electrons. The van der Waals surface area contributed by atoms with Gasteiger partial charge in [0, 0.05) is 18.5 Å². The van der Waals surface area contributed by atoms with Crippen LogP contribution >= 0.6 is 0 Å². The smallest absolute Gasteiger partial charge is 0.407 e. The minimum Gasteiger partial charge on any atom is -0.465 e. The van der Waals surface area contributed by atoms with Crippen LogP contribution in [0.4, 0.5) is 9.18 Å². The maximum atomic E-state index is 14.2. The number of halogens is 1. The van der Waals surface area contributed by atoms with Gasteiger partial charge in [-0.3, -0.25) is 4.79 Å². The first-order chi connectivity index (χ1) is 15.0. The second kappa shape index (κ2) is 7.93. The van der Waals surface area contributed by atoms with Gasteiger partial charge in [0.25, 0.3) is 5.91 Å². The quantitative estimate of drug-likeness (QED) is 0.596. The van der Waals surface area contributed by atoms with Gasteiger partial charge in [0.2, 0.25) is 0 Å². The molecule has 2 unspecified atom stereocenters. The Morgan fingerprint density at radius 3 is 2.50 bits per heavy atom. The van der Waals surface area contributed by atoms with Crippen molar-refractivity contribution in [1.29, 1.82) is 0 Å². The van der Waals surface area contributed by atoms with E-state index in [1.165, 1.54) is 17.0 Å². The van der Waals surface area contributed by atoms with Crippen molar-refractivity contribution in [2.75, 3.05) is 6.54 Å². The highest BCUT2D eigenvalue weighted by Crippen LogP contribution is 2.39. The first-order valence-electron chi connectivity index (χ1n) is 10.5. The average molecular weight is 439 g/mol. The molecule has 7 nitrogen and oxygen atoms in total. The van der Waals surface area contributed by atoms with Crippen LogP contribution in [0.5, 0.6) is 0 Å². The molecule has 0 aliphatic carbocycles. The number of carbonyl (C=O) groups excluding carboxylic acids is 1. The Bertz CT molecular complexity index is 1200. The van der Waals surface area contributed by atoms with Gasteiger partial charge in [0.05, 0.1) is 5.56 Å². The number of amides is 2. The van der Waals surface area contributed by atoms with Crippen molar-refractivity contribution in [2.45, 2.75) is 45.6 Å². The number of benzene rings is 2. The summed E-state index contributed by atoms with van der Waals surface area (Å²) >= 11 is 0. The summed E-state index contributed by atoms with van der Waals surface area (Å²) in [5.41, 5.74) is 7.41. The summed E-state index contributed by atoms with van der Waals surface area (Å²) in [5, 5.41) is 9.58. The molecule has 0 saturated carbocycles. The van der Waals surface area contributed by atoms with E-state index in [9.17, 15) is 19.1 Å². The summed E-state index contributed by atoms with van der Waals surface area (Å²) in [6, 6.07) is 9.55. The highest BCUT2D eigenvalue weighted by atomic mass is 19.1. The molecule has 3 N–H and O–H groups in total. The lowest BCUT2D eigenvalue weighted by Crippen LogP contribution is -2.51. The van der Waals surface area contributed by atoms with Gasteiger partial charge >= 0.3 is 6.09 Å². The number of carbonyl (C=O) groups is 2. The first-order valence-corrected chi connectivity index (χ1v) is 10.5. The zero-order chi connectivity index (χ0) is 23.2. The lowest BCUT2D eigenvalue weighted by molar-refractivity contribution is 0.0494. The number of likely N-dealkylation sites (tertiary alicyclic amines) is 1. The maximum absolute atomic E-state index is 14.2. The molecule has 2 amide bonds. The van der Waals surface area contributed by atoms with Crippen LogP contribution in [0.25, 0.3) is 22.2 Å². The zero-order valence-electron chi connectivity index (χ0n) is 18.3. The molecule has 3 aromatic rings. The number of primary amides is 1. The molecule has 1 aliphatic heterocycles. The largest absolute Gasteiger partial charge is 0.465 e. The number of oxazole rings is 1. The second-order valence-electron chi connectivity index (χ2n) is 9.37. The van der Waals surface area contributed by atoms with E-state index in [1.807, 2.05) is 26.8 Å². The van der Waals surface area contributed by atoms with E-state index in [2.05, 4.69) is 4.98 Å². The molecule has 1 saturated heterocycles. The number of rotatable bonds is 3. The number of hydrogen-bond acceptors (Lipinski definition) is 4. The van der Waals surface area contributed by atoms with Gasteiger partial charge in [-0.2, -0.15) is 0 Å². The predicted octanol–water partition coefficient (Wildman–Crippen LogP) is 5.00. The van der Waals surface area contributed by atoms with Crippen molar-refractivity contribution < 1.29 is 23.5 Å². The van der Waals surface area contributed by atoms with Gasteiger partial charge in [-0.15, -0.1) is 0 Å². The van der Waals surface area contributed by atoms with E-state index in [0.717, 1.165) is 5.56 Å². The summed E-state index contributed by atoms with van der Waals surface area (Å²) in [6.45, 7) is 6.54. The van der Waals surface area contributed by atoms with Crippen LogP contribution in [0.1, 0.15) is 55.8 Å². The molecule has 32 heavy (non-hydrogen) atoms. The minimum atomic E-state index is -0.903. The SMILES string of the molecule is CC(C)(C)C1CC(c2nc3cc(-c4ccc(C(N)=O)c(F)c4)ccc3o2)CCN1C(=O)O. The van der Waals surface area contributed by atoms with Crippen molar-refractivity contribution in [2.24, 2.45) is 11.1 Å². The van der Waals surface area contributed by atoms with Crippen LogP contribution in [0.2, 0.25) is 0 Å². The molecule has 0 spiro atoms. The standard InChI is InChI=1S/C24H26FN3O4/c1-24(2,3)20-12-15(8-9-28(20)23(30)31)22-27-18-11-14(5-7-19(18)32-22)13-4-6-16(21(26)29)17(25)10-13/h4-7,10-11,15,20H,8-9,12H2,1-3H3,(H2,26,29)(H,30,31). The highest BCUT2D eigenvalue weighted by molar-refractivity contribution is 5.93. The summed E-state index contributed by atoms with van der Waals surface area (Å²) in [5.74, 6) is -0.882. The van der Waals surface area contributed by atoms with Crippen molar-refractivity contribution in [1.82, 2.24) is 9.88 Å². The number of hydrogen-bond donors (Lipinski definition) is 2. The van der Waals surface area contributed by atoms with Crippen molar-refractivity contribution >= 4 is 23.1 Å². The lowest BCUT2D eigenvalue weighted by atomic mass is 9.77. The van der Waals surface area contributed by atoms with Gasteiger partial charge in [-0.25, -0.2) is 14.2 Å². The Labute approximate surface area is 185 Å². The molecule has 2 heterocycles. The van der Waals surface area contributed by atoms with Gasteiger partial charge in [-0.1, -0.05) is 32.9 Å². The van der Waals surface area contributed by atoms with Gasteiger partial charge < -0.3 is 20.2 Å². The molecule has 1 aromatic heterocycles.